The lowest BCUT2D eigenvalue weighted by atomic mass is 9.62. The molecular formula is C35H46O7. The number of fused-ring (bicyclic) bond motifs is 5. The summed E-state index contributed by atoms with van der Waals surface area (Å²) in [5.41, 5.74) is -1.77. The molecule has 8 atom stereocenters. The molecule has 1 unspecified atom stereocenters. The predicted octanol–water partition coefficient (Wildman–Crippen LogP) is 5.59. The van der Waals surface area contributed by atoms with E-state index in [1.807, 2.05) is 25.1 Å². The number of aliphatic hydroxyl groups excluding tert-OH is 1. The number of hydrogen-bond acceptors (Lipinski definition) is 7. The third-order valence-corrected chi connectivity index (χ3v) is 10.8. The molecule has 2 saturated carbocycles. The van der Waals surface area contributed by atoms with E-state index in [2.05, 4.69) is 20.8 Å². The van der Waals surface area contributed by atoms with Crippen molar-refractivity contribution < 1.29 is 34.1 Å². The van der Waals surface area contributed by atoms with Gasteiger partial charge in [0.1, 0.15) is 11.7 Å². The van der Waals surface area contributed by atoms with Crippen LogP contribution in [-0.2, 0) is 19.1 Å². The van der Waals surface area contributed by atoms with Gasteiger partial charge in [0.2, 0.25) is 0 Å². The Kier molecular flexibility index (Phi) is 8.31. The lowest BCUT2D eigenvalue weighted by molar-refractivity contribution is -0.179. The number of hydrogen-bond donors (Lipinski definition) is 2. The van der Waals surface area contributed by atoms with Crippen LogP contribution in [0.2, 0.25) is 0 Å². The molecule has 0 heterocycles. The smallest absolute Gasteiger partial charge is 0.338 e. The van der Waals surface area contributed by atoms with Crippen LogP contribution in [-0.4, -0.2) is 51.8 Å². The second-order valence-corrected chi connectivity index (χ2v) is 13.6. The summed E-state index contributed by atoms with van der Waals surface area (Å²) in [7, 11) is 0. The summed E-state index contributed by atoms with van der Waals surface area (Å²) >= 11 is 0. The number of aliphatic hydroxyl groups is 2. The SMILES string of the molecule is CCCCCCCC(=O)O[C@@]12[C@H](OC(=O)c3ccccc3)[C@@H](C)C3[C@@H](C=C(CO)C[C@]4(O)C(=O)C(C)=C[C@@H]34)[C@@H]1C2(C)C. The molecule has 7 nitrogen and oxygen atoms in total. The first-order valence-corrected chi connectivity index (χ1v) is 15.7. The van der Waals surface area contributed by atoms with E-state index in [1.165, 1.54) is 0 Å². The molecule has 4 aliphatic carbocycles. The Balaban J connectivity index is 1.55. The van der Waals surface area contributed by atoms with Gasteiger partial charge in [0.25, 0.3) is 0 Å². The number of ketones is 1. The van der Waals surface area contributed by atoms with Gasteiger partial charge in [-0.15, -0.1) is 0 Å². The third kappa shape index (κ3) is 4.77. The maximum Gasteiger partial charge on any atom is 0.338 e. The van der Waals surface area contributed by atoms with Gasteiger partial charge in [-0.05, 0) is 48.5 Å². The molecule has 0 saturated heterocycles. The highest BCUT2D eigenvalue weighted by Gasteiger charge is 2.85. The first-order chi connectivity index (χ1) is 19.9. The van der Waals surface area contributed by atoms with E-state index in [4.69, 9.17) is 9.47 Å². The van der Waals surface area contributed by atoms with Crippen LogP contribution < -0.4 is 0 Å². The van der Waals surface area contributed by atoms with Gasteiger partial charge < -0.3 is 19.7 Å². The summed E-state index contributed by atoms with van der Waals surface area (Å²) in [6.45, 7) is 9.68. The number of rotatable bonds is 10. The van der Waals surface area contributed by atoms with Crippen molar-refractivity contribution in [2.45, 2.75) is 96.9 Å². The van der Waals surface area contributed by atoms with Crippen molar-refractivity contribution in [1.82, 2.24) is 0 Å². The fraction of sp³-hybridized carbons (Fsp3) is 0.629. The average Bonchev–Trinajstić information content (AvgIpc) is 3.42. The van der Waals surface area contributed by atoms with Crippen molar-refractivity contribution in [2.24, 2.45) is 35.0 Å². The van der Waals surface area contributed by atoms with Gasteiger partial charge in [0.15, 0.2) is 11.4 Å². The van der Waals surface area contributed by atoms with Gasteiger partial charge in [-0.2, -0.15) is 0 Å². The number of allylic oxidation sites excluding steroid dienone is 1. The molecule has 4 aliphatic rings. The van der Waals surface area contributed by atoms with Crippen LogP contribution in [0, 0.1) is 35.0 Å². The van der Waals surface area contributed by atoms with Crippen molar-refractivity contribution in [3.63, 3.8) is 0 Å². The van der Waals surface area contributed by atoms with Crippen LogP contribution >= 0.6 is 0 Å². The van der Waals surface area contributed by atoms with Gasteiger partial charge in [-0.1, -0.05) is 83.7 Å². The van der Waals surface area contributed by atoms with E-state index in [0.29, 0.717) is 23.1 Å². The zero-order valence-corrected chi connectivity index (χ0v) is 25.6. The molecule has 0 aliphatic heterocycles. The second-order valence-electron chi connectivity index (χ2n) is 13.6. The molecule has 0 radical (unpaired) electrons. The molecule has 2 N–H and O–H groups in total. The van der Waals surface area contributed by atoms with Crippen LogP contribution in [0.25, 0.3) is 0 Å². The summed E-state index contributed by atoms with van der Waals surface area (Å²) in [5.74, 6) is -2.69. The monoisotopic (exact) mass is 578 g/mol. The third-order valence-electron chi connectivity index (χ3n) is 10.8. The minimum Gasteiger partial charge on any atom is -0.454 e. The van der Waals surface area contributed by atoms with E-state index >= 15 is 0 Å². The van der Waals surface area contributed by atoms with Crippen LogP contribution in [0.3, 0.4) is 0 Å². The number of ether oxygens (including phenoxy) is 2. The Morgan fingerprint density at radius 2 is 1.74 bits per heavy atom. The zero-order valence-electron chi connectivity index (χ0n) is 25.6. The van der Waals surface area contributed by atoms with Crippen LogP contribution in [0.15, 0.2) is 53.6 Å². The number of carbonyl (C=O) groups excluding carboxylic acids is 3. The molecule has 228 valence electrons. The van der Waals surface area contributed by atoms with Crippen LogP contribution in [0.1, 0.15) is 89.9 Å². The molecule has 42 heavy (non-hydrogen) atoms. The topological polar surface area (TPSA) is 110 Å². The van der Waals surface area contributed by atoms with Crippen molar-refractivity contribution in [3.8, 4) is 0 Å². The van der Waals surface area contributed by atoms with Gasteiger partial charge in [-0.25, -0.2) is 4.79 Å². The lowest BCUT2D eigenvalue weighted by Crippen LogP contribution is -2.56. The Bertz CT molecular complexity index is 1280. The number of unbranched alkanes of at least 4 members (excludes halogenated alkanes) is 4. The molecule has 5 rings (SSSR count). The molecule has 1 aromatic carbocycles. The van der Waals surface area contributed by atoms with E-state index in [1.54, 1.807) is 31.2 Å². The highest BCUT2D eigenvalue weighted by Crippen LogP contribution is 2.76. The van der Waals surface area contributed by atoms with Crippen LogP contribution in [0.5, 0.6) is 0 Å². The van der Waals surface area contributed by atoms with Gasteiger partial charge in [0, 0.05) is 36.0 Å². The fourth-order valence-electron chi connectivity index (χ4n) is 8.75. The normalized spacial score (nSPS) is 36.0. The van der Waals surface area contributed by atoms with E-state index in [9.17, 15) is 24.6 Å². The molecule has 7 heteroatoms. The van der Waals surface area contributed by atoms with Crippen molar-refractivity contribution in [1.29, 1.82) is 0 Å². The number of esters is 2. The van der Waals surface area contributed by atoms with Crippen LogP contribution in [0.4, 0.5) is 0 Å². The van der Waals surface area contributed by atoms with Gasteiger partial charge in [-0.3, -0.25) is 9.59 Å². The molecule has 0 bridgehead atoms. The van der Waals surface area contributed by atoms with Crippen molar-refractivity contribution >= 4 is 17.7 Å². The first kappa shape index (κ1) is 30.7. The molecular weight excluding hydrogens is 532 g/mol. The van der Waals surface area contributed by atoms with E-state index in [-0.39, 0.29) is 48.5 Å². The van der Waals surface area contributed by atoms with Gasteiger partial charge >= 0.3 is 11.9 Å². The van der Waals surface area contributed by atoms with E-state index < -0.39 is 34.6 Å². The minimum absolute atomic E-state index is 0.0483. The molecule has 0 spiro atoms. The highest BCUT2D eigenvalue weighted by molar-refractivity contribution is 6.04. The summed E-state index contributed by atoms with van der Waals surface area (Å²) in [5, 5.41) is 22.2. The summed E-state index contributed by atoms with van der Waals surface area (Å²) < 4.78 is 12.8. The molecule has 0 amide bonds. The zero-order chi connectivity index (χ0) is 30.4. The molecule has 2 fully saturated rings. The van der Waals surface area contributed by atoms with Crippen molar-refractivity contribution in [2.75, 3.05) is 6.61 Å². The number of carbonyl (C=O) groups is 3. The first-order valence-electron chi connectivity index (χ1n) is 15.7. The molecule has 0 aromatic heterocycles. The Labute approximate surface area is 249 Å². The lowest BCUT2D eigenvalue weighted by Gasteiger charge is -2.47. The quantitative estimate of drug-likeness (QED) is 0.212. The number of benzene rings is 1. The Morgan fingerprint density at radius 1 is 1.05 bits per heavy atom. The largest absolute Gasteiger partial charge is 0.454 e. The maximum absolute atomic E-state index is 13.5. The van der Waals surface area contributed by atoms with Gasteiger partial charge in [0.05, 0.1) is 12.2 Å². The number of Topliss-reactive ketones (excluding diaryl/α,β-unsaturated/α-hetero) is 1. The van der Waals surface area contributed by atoms with E-state index in [0.717, 1.165) is 32.1 Å². The fourth-order valence-corrected chi connectivity index (χ4v) is 8.75. The average molecular weight is 579 g/mol. The van der Waals surface area contributed by atoms with Crippen molar-refractivity contribution in [3.05, 3.63) is 59.2 Å². The summed E-state index contributed by atoms with van der Waals surface area (Å²) in [6, 6.07) is 8.79. The summed E-state index contributed by atoms with van der Waals surface area (Å²) in [4.78, 5) is 40.3. The maximum atomic E-state index is 13.5. The highest BCUT2D eigenvalue weighted by atomic mass is 16.6. The minimum atomic E-state index is -1.67. The Hall–Kier alpha value is -2.77. The predicted molar refractivity (Wildman–Crippen MR) is 158 cm³/mol. The Morgan fingerprint density at radius 3 is 2.40 bits per heavy atom. The second kappa shape index (κ2) is 11.4. The summed E-state index contributed by atoms with van der Waals surface area (Å²) in [6.07, 6.45) is 8.47. The molecule has 1 aromatic rings. The standard InChI is InChI=1S/C35H46O7/c1-6-7-8-9-13-16-27(37)42-35-29(33(35,4)5)25-18-23(20-36)19-34(40)26(17-21(2)30(34)38)28(25)22(3)31(35)41-32(39)24-14-11-10-12-15-24/h10-12,14-15,17-18,22,25-26,28-29,31,36,40H,6-9,13,16,19-20H2,1-5H3/t22-,25+,26-,28?,29+,31+,34+,35+/m0/s1.